The highest BCUT2D eigenvalue weighted by Crippen LogP contribution is 2.43. The van der Waals surface area contributed by atoms with Crippen molar-refractivity contribution in [1.29, 1.82) is 0 Å². The minimum absolute atomic E-state index is 0.146. The van der Waals surface area contributed by atoms with Crippen molar-refractivity contribution in [3.63, 3.8) is 0 Å². The van der Waals surface area contributed by atoms with Crippen molar-refractivity contribution in [2.24, 2.45) is 0 Å². The van der Waals surface area contributed by atoms with Gasteiger partial charge in [-0.25, -0.2) is 0 Å². The maximum atomic E-state index is 13.5. The standard InChI is InChI=1S/C25H24O15/c1-8-21(39-16(32)7-15(30)31)19(34)20(35)25(37-8)40-24-18(33)17-11(27)5-10(26)6-14(17)38-22(24)9-3-12(28)23(36-2)13(29)4-9/h3-6,8,19-21,25-29,34-35H,7H2,1-2H3,(H,30,31)/t8-,19-,20+,21-,25-/m1/s1. The van der Waals surface area contributed by atoms with Crippen LogP contribution in [0.1, 0.15) is 13.3 Å². The number of fused-ring (bicyclic) bond motifs is 1. The van der Waals surface area contributed by atoms with E-state index in [1.165, 1.54) is 14.0 Å². The number of phenols is 4. The molecule has 0 amide bonds. The lowest BCUT2D eigenvalue weighted by Crippen LogP contribution is -2.59. The smallest absolute Gasteiger partial charge is 0.317 e. The number of rotatable bonds is 7. The average molecular weight is 564 g/mol. The molecule has 40 heavy (non-hydrogen) atoms. The fourth-order valence-corrected chi connectivity index (χ4v) is 4.20. The molecule has 2 heterocycles. The fourth-order valence-electron chi connectivity index (χ4n) is 4.20. The number of aliphatic hydroxyl groups excluding tert-OH is 2. The molecule has 1 aliphatic rings. The van der Waals surface area contributed by atoms with E-state index in [-0.39, 0.29) is 16.9 Å². The second-order valence-corrected chi connectivity index (χ2v) is 8.81. The number of phenolic OH excluding ortho intramolecular Hbond substituents is 4. The van der Waals surface area contributed by atoms with Gasteiger partial charge in [-0.1, -0.05) is 0 Å². The van der Waals surface area contributed by atoms with E-state index in [1.54, 1.807) is 0 Å². The van der Waals surface area contributed by atoms with Crippen molar-refractivity contribution in [3.05, 3.63) is 34.5 Å². The molecule has 214 valence electrons. The summed E-state index contributed by atoms with van der Waals surface area (Å²) in [5, 5.41) is 70.3. The number of hydrogen-bond donors (Lipinski definition) is 7. The van der Waals surface area contributed by atoms with Crippen LogP contribution in [-0.2, 0) is 19.1 Å². The Morgan fingerprint density at radius 2 is 1.60 bits per heavy atom. The molecule has 3 aromatic rings. The van der Waals surface area contributed by atoms with Crippen LogP contribution in [0.15, 0.2) is 33.5 Å². The number of aliphatic carboxylic acids is 1. The Balaban J connectivity index is 1.79. The monoisotopic (exact) mass is 564 g/mol. The van der Waals surface area contributed by atoms with Crippen LogP contribution in [0.2, 0.25) is 0 Å². The highest BCUT2D eigenvalue weighted by atomic mass is 16.7. The van der Waals surface area contributed by atoms with Crippen LogP contribution in [0.4, 0.5) is 0 Å². The lowest BCUT2D eigenvalue weighted by atomic mass is 9.99. The first kappa shape index (κ1) is 28.3. The Hall–Kier alpha value is -4.73. The third-order valence-corrected chi connectivity index (χ3v) is 6.01. The molecular weight excluding hydrogens is 540 g/mol. The number of carbonyl (C=O) groups excluding carboxylic acids is 1. The molecule has 1 aromatic heterocycles. The number of benzene rings is 2. The average Bonchev–Trinajstić information content (AvgIpc) is 2.85. The second-order valence-electron chi connectivity index (χ2n) is 8.81. The molecule has 5 atom stereocenters. The predicted octanol–water partition coefficient (Wildman–Crippen LogP) is 0.523. The lowest BCUT2D eigenvalue weighted by Gasteiger charge is -2.40. The lowest BCUT2D eigenvalue weighted by molar-refractivity contribution is -0.272. The van der Waals surface area contributed by atoms with E-state index in [1.807, 2.05) is 0 Å². The number of carbonyl (C=O) groups is 2. The van der Waals surface area contributed by atoms with E-state index < -0.39 is 94.4 Å². The van der Waals surface area contributed by atoms with Gasteiger partial charge in [-0.3, -0.25) is 14.4 Å². The van der Waals surface area contributed by atoms with Crippen molar-refractivity contribution in [2.45, 2.75) is 44.1 Å². The molecule has 7 N–H and O–H groups in total. The van der Waals surface area contributed by atoms with E-state index in [0.717, 1.165) is 24.3 Å². The molecule has 1 aliphatic heterocycles. The summed E-state index contributed by atoms with van der Waals surface area (Å²) in [5.74, 6) is -6.41. The maximum Gasteiger partial charge on any atom is 0.317 e. The van der Waals surface area contributed by atoms with Gasteiger partial charge in [-0.15, -0.1) is 0 Å². The van der Waals surface area contributed by atoms with E-state index in [9.17, 15) is 45.0 Å². The van der Waals surface area contributed by atoms with Crippen LogP contribution in [0.5, 0.6) is 34.5 Å². The Bertz CT molecular complexity index is 1500. The summed E-state index contributed by atoms with van der Waals surface area (Å²) in [7, 11) is 1.19. The molecule has 1 fully saturated rings. The van der Waals surface area contributed by atoms with E-state index in [4.69, 9.17) is 28.5 Å². The fraction of sp³-hybridized carbons (Fsp3) is 0.320. The number of methoxy groups -OCH3 is 1. The van der Waals surface area contributed by atoms with E-state index in [0.29, 0.717) is 0 Å². The molecule has 1 saturated heterocycles. The first-order valence-corrected chi connectivity index (χ1v) is 11.5. The largest absolute Gasteiger partial charge is 0.508 e. The summed E-state index contributed by atoms with van der Waals surface area (Å²) in [4.78, 5) is 36.1. The summed E-state index contributed by atoms with van der Waals surface area (Å²) in [6.07, 6.45) is -9.32. The second kappa shape index (κ2) is 10.8. The first-order chi connectivity index (χ1) is 18.8. The molecule has 0 saturated carbocycles. The van der Waals surface area contributed by atoms with Gasteiger partial charge in [0, 0.05) is 17.7 Å². The number of hydrogen-bond acceptors (Lipinski definition) is 14. The molecule has 0 bridgehead atoms. The zero-order valence-corrected chi connectivity index (χ0v) is 20.8. The van der Waals surface area contributed by atoms with E-state index in [2.05, 4.69) is 0 Å². The number of esters is 1. The highest BCUT2D eigenvalue weighted by molar-refractivity contribution is 5.90. The van der Waals surface area contributed by atoms with E-state index >= 15 is 0 Å². The maximum absolute atomic E-state index is 13.5. The third-order valence-electron chi connectivity index (χ3n) is 6.01. The first-order valence-electron chi connectivity index (χ1n) is 11.5. The van der Waals surface area contributed by atoms with Crippen LogP contribution in [-0.4, -0.2) is 85.5 Å². The SMILES string of the molecule is COc1c(O)cc(-c2oc3cc(O)cc(O)c3c(=O)c2O[C@H]2O[C@H](C)[C@@H](OC(=O)CC(=O)O)[C@H](O)[C@@H]2O)cc1O. The number of ether oxygens (including phenoxy) is 4. The molecule has 0 radical (unpaired) electrons. The summed E-state index contributed by atoms with van der Waals surface area (Å²) < 4.78 is 26.7. The summed E-state index contributed by atoms with van der Waals surface area (Å²) >= 11 is 0. The minimum atomic E-state index is -1.96. The molecule has 4 rings (SSSR count). The molecule has 15 nitrogen and oxygen atoms in total. The number of carboxylic acids is 1. The van der Waals surface area contributed by atoms with Crippen molar-refractivity contribution in [2.75, 3.05) is 7.11 Å². The minimum Gasteiger partial charge on any atom is -0.508 e. The van der Waals surface area contributed by atoms with Crippen molar-refractivity contribution < 1.29 is 68.7 Å². The zero-order valence-electron chi connectivity index (χ0n) is 20.8. The molecule has 0 spiro atoms. The molecule has 2 aromatic carbocycles. The quantitative estimate of drug-likeness (QED) is 0.153. The Morgan fingerprint density at radius 1 is 0.950 bits per heavy atom. The number of aliphatic hydroxyl groups is 2. The normalized spacial score (nSPS) is 22.6. The number of carboxylic acid groups (broad SMARTS) is 1. The Kier molecular flexibility index (Phi) is 7.63. The van der Waals surface area contributed by atoms with Crippen LogP contribution in [0.25, 0.3) is 22.3 Å². The van der Waals surface area contributed by atoms with Gasteiger partial charge in [-0.2, -0.15) is 0 Å². The van der Waals surface area contributed by atoms with Crippen LogP contribution in [0.3, 0.4) is 0 Å². The van der Waals surface area contributed by atoms with Gasteiger partial charge in [0.15, 0.2) is 23.4 Å². The van der Waals surface area contributed by atoms with Gasteiger partial charge < -0.3 is 59.1 Å². The molecule has 0 unspecified atom stereocenters. The van der Waals surface area contributed by atoms with Crippen molar-refractivity contribution in [1.82, 2.24) is 0 Å². The van der Waals surface area contributed by atoms with Crippen molar-refractivity contribution >= 4 is 22.9 Å². The van der Waals surface area contributed by atoms with Crippen molar-refractivity contribution in [3.8, 4) is 45.8 Å². The Morgan fingerprint density at radius 3 is 2.20 bits per heavy atom. The van der Waals surface area contributed by atoms with Gasteiger partial charge >= 0.3 is 11.9 Å². The van der Waals surface area contributed by atoms with Gasteiger partial charge in [0.2, 0.25) is 23.2 Å². The van der Waals surface area contributed by atoms with Gasteiger partial charge in [0.25, 0.3) is 0 Å². The Labute approximate surface area is 223 Å². The van der Waals surface area contributed by atoms with Crippen LogP contribution in [0, 0.1) is 0 Å². The van der Waals surface area contributed by atoms with Gasteiger partial charge in [0.05, 0.1) is 13.2 Å². The van der Waals surface area contributed by atoms with Crippen LogP contribution < -0.4 is 14.9 Å². The highest BCUT2D eigenvalue weighted by Gasteiger charge is 2.47. The topological polar surface area (TPSA) is 243 Å². The molecular formula is C25H24O15. The zero-order chi connectivity index (χ0) is 29.5. The van der Waals surface area contributed by atoms with Gasteiger partial charge in [0.1, 0.15) is 41.1 Å². The molecule has 0 aliphatic carbocycles. The third kappa shape index (κ3) is 5.25. The van der Waals surface area contributed by atoms with Gasteiger partial charge in [-0.05, 0) is 19.1 Å². The summed E-state index contributed by atoms with van der Waals surface area (Å²) in [6.45, 7) is 1.32. The number of aromatic hydroxyl groups is 4. The summed E-state index contributed by atoms with van der Waals surface area (Å²) in [5.41, 5.74) is -1.49. The molecule has 15 heteroatoms. The summed E-state index contributed by atoms with van der Waals surface area (Å²) in [6, 6.07) is 3.97. The predicted molar refractivity (Wildman–Crippen MR) is 130 cm³/mol. The van der Waals surface area contributed by atoms with Crippen LogP contribution >= 0.6 is 0 Å².